The number of likely N-dealkylation sites (tertiary alicyclic amines) is 1. The van der Waals surface area contributed by atoms with Crippen molar-refractivity contribution >= 4 is 21.8 Å². The summed E-state index contributed by atoms with van der Waals surface area (Å²) in [5.74, 6) is 1.24. The molecule has 15 heavy (non-hydrogen) atoms. The molecule has 0 aromatic carbocycles. The van der Waals surface area contributed by atoms with E-state index in [1.807, 2.05) is 0 Å². The second-order valence-electron chi connectivity index (χ2n) is 4.64. The average molecular weight is 276 g/mol. The smallest absolute Gasteiger partial charge is 0.225 e. The Bertz CT molecular complexity index is 208. The highest BCUT2D eigenvalue weighted by molar-refractivity contribution is 9.09. The number of piperidine rings is 1. The molecule has 2 nitrogen and oxygen atoms in total. The molecule has 1 amide bonds. The number of hydrogen-bond acceptors (Lipinski definition) is 1. The molecule has 0 spiro atoms. The molecule has 3 heteroatoms. The van der Waals surface area contributed by atoms with Gasteiger partial charge in [0.15, 0.2) is 0 Å². The number of rotatable bonds is 5. The summed E-state index contributed by atoms with van der Waals surface area (Å²) in [5, 5.41) is 1.01. The first kappa shape index (κ1) is 13.0. The first-order chi connectivity index (χ1) is 7.19. The van der Waals surface area contributed by atoms with Crippen LogP contribution in [0.15, 0.2) is 0 Å². The lowest BCUT2D eigenvalue weighted by atomic mass is 9.97. The minimum absolute atomic E-state index is 0.247. The first-order valence-electron chi connectivity index (χ1n) is 6.03. The molecule has 0 aromatic rings. The lowest BCUT2D eigenvalue weighted by Crippen LogP contribution is -2.43. The molecule has 1 rings (SSSR count). The third-order valence-electron chi connectivity index (χ3n) is 3.19. The largest absolute Gasteiger partial charge is 0.342 e. The maximum absolute atomic E-state index is 11.9. The molecular formula is C12H22BrNO. The quantitative estimate of drug-likeness (QED) is 0.707. The second-order valence-corrected chi connectivity index (χ2v) is 5.28. The number of halogens is 1. The molecule has 2 unspecified atom stereocenters. The molecule has 1 fully saturated rings. The Morgan fingerprint density at radius 2 is 2.33 bits per heavy atom. The highest BCUT2D eigenvalue weighted by atomic mass is 79.9. The van der Waals surface area contributed by atoms with Gasteiger partial charge in [0.05, 0.1) is 0 Å². The van der Waals surface area contributed by atoms with Crippen LogP contribution in [0.5, 0.6) is 0 Å². The van der Waals surface area contributed by atoms with E-state index in [4.69, 9.17) is 0 Å². The Morgan fingerprint density at radius 1 is 1.60 bits per heavy atom. The maximum atomic E-state index is 11.9. The SMILES string of the molecule is CCCC(CBr)CN1CCCC(C)C1=O. The van der Waals surface area contributed by atoms with Gasteiger partial charge in [-0.15, -0.1) is 0 Å². The van der Waals surface area contributed by atoms with Gasteiger partial charge in [-0.3, -0.25) is 4.79 Å². The van der Waals surface area contributed by atoms with Gasteiger partial charge in [-0.2, -0.15) is 0 Å². The van der Waals surface area contributed by atoms with Gasteiger partial charge in [0.1, 0.15) is 0 Å². The van der Waals surface area contributed by atoms with Crippen molar-refractivity contribution in [3.8, 4) is 0 Å². The summed E-state index contributed by atoms with van der Waals surface area (Å²) < 4.78 is 0. The molecule has 0 radical (unpaired) electrons. The molecule has 1 aliphatic heterocycles. The van der Waals surface area contributed by atoms with Gasteiger partial charge >= 0.3 is 0 Å². The molecule has 88 valence electrons. The number of nitrogens with zero attached hydrogens (tertiary/aromatic N) is 1. The molecule has 0 aliphatic carbocycles. The Labute approximate surface area is 102 Å². The van der Waals surface area contributed by atoms with Crippen LogP contribution in [0.25, 0.3) is 0 Å². The third kappa shape index (κ3) is 3.78. The Morgan fingerprint density at radius 3 is 2.93 bits per heavy atom. The zero-order valence-electron chi connectivity index (χ0n) is 9.84. The summed E-state index contributed by atoms with van der Waals surface area (Å²) in [5.41, 5.74) is 0. The highest BCUT2D eigenvalue weighted by Gasteiger charge is 2.26. The lowest BCUT2D eigenvalue weighted by Gasteiger charge is -2.33. The molecule has 0 aromatic heterocycles. The van der Waals surface area contributed by atoms with Gasteiger partial charge in [-0.05, 0) is 25.2 Å². The normalized spacial score (nSPS) is 24.3. The predicted molar refractivity (Wildman–Crippen MR) is 67.2 cm³/mol. The van der Waals surface area contributed by atoms with Crippen LogP contribution in [0.4, 0.5) is 0 Å². The topological polar surface area (TPSA) is 20.3 Å². The first-order valence-corrected chi connectivity index (χ1v) is 7.16. The van der Waals surface area contributed by atoms with Crippen LogP contribution in [0, 0.1) is 11.8 Å². The van der Waals surface area contributed by atoms with Crippen molar-refractivity contribution in [1.29, 1.82) is 0 Å². The fraction of sp³-hybridized carbons (Fsp3) is 0.917. The fourth-order valence-electron chi connectivity index (χ4n) is 2.25. The maximum Gasteiger partial charge on any atom is 0.225 e. The van der Waals surface area contributed by atoms with E-state index in [1.165, 1.54) is 19.3 Å². The zero-order chi connectivity index (χ0) is 11.3. The molecule has 1 saturated heterocycles. The predicted octanol–water partition coefficient (Wildman–Crippen LogP) is 3.06. The van der Waals surface area contributed by atoms with Crippen LogP contribution in [0.2, 0.25) is 0 Å². The number of carbonyl (C=O) groups excluding carboxylic acids is 1. The standard InChI is InChI=1S/C12H22BrNO/c1-3-5-11(8-13)9-14-7-4-6-10(2)12(14)15/h10-11H,3-9H2,1-2H3. The summed E-state index contributed by atoms with van der Waals surface area (Å²) in [7, 11) is 0. The molecule has 0 N–H and O–H groups in total. The van der Waals surface area contributed by atoms with Crippen molar-refractivity contribution in [2.24, 2.45) is 11.8 Å². The van der Waals surface area contributed by atoms with Crippen LogP contribution in [-0.4, -0.2) is 29.2 Å². The van der Waals surface area contributed by atoms with Crippen molar-refractivity contribution in [1.82, 2.24) is 4.90 Å². The van der Waals surface area contributed by atoms with E-state index in [0.29, 0.717) is 11.8 Å². The second kappa shape index (κ2) is 6.51. The van der Waals surface area contributed by atoms with Crippen molar-refractivity contribution in [2.75, 3.05) is 18.4 Å². The van der Waals surface area contributed by atoms with Crippen LogP contribution >= 0.6 is 15.9 Å². The van der Waals surface area contributed by atoms with Gasteiger partial charge < -0.3 is 4.90 Å². The minimum atomic E-state index is 0.247. The minimum Gasteiger partial charge on any atom is -0.342 e. The summed E-state index contributed by atoms with van der Waals surface area (Å²) in [6.07, 6.45) is 4.66. The molecule has 2 atom stereocenters. The van der Waals surface area contributed by atoms with Crippen molar-refractivity contribution in [3.05, 3.63) is 0 Å². The van der Waals surface area contributed by atoms with E-state index in [0.717, 1.165) is 24.8 Å². The van der Waals surface area contributed by atoms with Crippen molar-refractivity contribution in [2.45, 2.75) is 39.5 Å². The molecular weight excluding hydrogens is 254 g/mol. The lowest BCUT2D eigenvalue weighted by molar-refractivity contribution is -0.138. The monoisotopic (exact) mass is 275 g/mol. The molecule has 0 saturated carbocycles. The van der Waals surface area contributed by atoms with Gasteiger partial charge in [0, 0.05) is 24.3 Å². The average Bonchev–Trinajstić information content (AvgIpc) is 2.24. The van der Waals surface area contributed by atoms with Crippen molar-refractivity contribution < 1.29 is 4.79 Å². The molecule has 1 aliphatic rings. The summed E-state index contributed by atoms with van der Waals surface area (Å²) in [6.45, 7) is 6.17. The van der Waals surface area contributed by atoms with E-state index >= 15 is 0 Å². The molecule has 0 bridgehead atoms. The van der Waals surface area contributed by atoms with E-state index in [9.17, 15) is 4.79 Å². The summed E-state index contributed by atoms with van der Waals surface area (Å²) in [4.78, 5) is 14.0. The zero-order valence-corrected chi connectivity index (χ0v) is 11.4. The number of hydrogen-bond donors (Lipinski definition) is 0. The fourth-order valence-corrected chi connectivity index (χ4v) is 2.78. The highest BCUT2D eigenvalue weighted by Crippen LogP contribution is 2.20. The Kier molecular flexibility index (Phi) is 5.65. The van der Waals surface area contributed by atoms with E-state index in [2.05, 4.69) is 34.7 Å². The summed E-state index contributed by atoms with van der Waals surface area (Å²) in [6, 6.07) is 0. The van der Waals surface area contributed by atoms with Crippen LogP contribution < -0.4 is 0 Å². The van der Waals surface area contributed by atoms with Crippen LogP contribution in [0.3, 0.4) is 0 Å². The van der Waals surface area contributed by atoms with Gasteiger partial charge in [0.2, 0.25) is 5.91 Å². The Balaban J connectivity index is 2.44. The molecule has 1 heterocycles. The van der Waals surface area contributed by atoms with Crippen LogP contribution in [0.1, 0.15) is 39.5 Å². The summed E-state index contributed by atoms with van der Waals surface area (Å²) >= 11 is 3.54. The van der Waals surface area contributed by atoms with Gasteiger partial charge in [-0.1, -0.05) is 36.2 Å². The number of amides is 1. The number of alkyl halides is 1. The number of carbonyl (C=O) groups is 1. The van der Waals surface area contributed by atoms with E-state index in [1.54, 1.807) is 0 Å². The van der Waals surface area contributed by atoms with Gasteiger partial charge in [-0.25, -0.2) is 0 Å². The van der Waals surface area contributed by atoms with Gasteiger partial charge in [0.25, 0.3) is 0 Å². The van der Waals surface area contributed by atoms with E-state index < -0.39 is 0 Å². The van der Waals surface area contributed by atoms with Crippen molar-refractivity contribution in [3.63, 3.8) is 0 Å². The third-order valence-corrected chi connectivity index (χ3v) is 4.11. The van der Waals surface area contributed by atoms with Crippen LogP contribution in [-0.2, 0) is 4.79 Å². The Hall–Kier alpha value is -0.0500. The van der Waals surface area contributed by atoms with E-state index in [-0.39, 0.29) is 5.92 Å².